The van der Waals surface area contributed by atoms with Crippen LogP contribution in [0.25, 0.3) is 0 Å². The Hall–Kier alpha value is -1.36. The molecule has 3 nitrogen and oxygen atoms in total. The molecule has 1 atom stereocenters. The van der Waals surface area contributed by atoms with Crippen LogP contribution in [0.5, 0.6) is 0 Å². The van der Waals surface area contributed by atoms with Gasteiger partial charge in [0.1, 0.15) is 6.54 Å². The monoisotopic (exact) mass is 367 g/mol. The second-order valence-electron chi connectivity index (χ2n) is 5.00. The zero-order valence-electron chi connectivity index (χ0n) is 11.7. The summed E-state index contributed by atoms with van der Waals surface area (Å²) in [5.41, 5.74) is 1.93. The molecule has 21 heavy (non-hydrogen) atoms. The van der Waals surface area contributed by atoms with Crippen molar-refractivity contribution in [1.82, 2.24) is 0 Å². The molecule has 0 saturated carbocycles. The number of benzene rings is 2. The van der Waals surface area contributed by atoms with E-state index in [4.69, 9.17) is 11.6 Å². The van der Waals surface area contributed by atoms with Gasteiger partial charge >= 0.3 is 0 Å². The Morgan fingerprint density at radius 3 is 2.62 bits per heavy atom. The van der Waals surface area contributed by atoms with Crippen molar-refractivity contribution >= 4 is 39.1 Å². The lowest BCUT2D eigenvalue weighted by Crippen LogP contribution is -3.08. The number of nitrogens with one attached hydrogen (secondary N) is 2. The van der Waals surface area contributed by atoms with Gasteiger partial charge in [-0.1, -0.05) is 39.7 Å². The van der Waals surface area contributed by atoms with Gasteiger partial charge in [0, 0.05) is 20.7 Å². The third-order valence-electron chi connectivity index (χ3n) is 2.99. The highest BCUT2D eigenvalue weighted by Crippen LogP contribution is 2.13. The number of likely N-dealkylation sites (N-methyl/N-ethyl adjacent to an activating group) is 1. The molecule has 1 amide bonds. The number of quaternary nitrogens is 1. The van der Waals surface area contributed by atoms with Crippen molar-refractivity contribution < 1.29 is 9.69 Å². The highest BCUT2D eigenvalue weighted by Gasteiger charge is 2.11. The standard InChI is InChI=1S/C16H16BrClN2O/c1-20(10-12-3-2-4-14(18)9-12)11-16(21)19-15-7-5-13(17)6-8-15/h2-9H,10-11H2,1H3,(H,19,21)/p+1. The molecule has 2 N–H and O–H groups in total. The maximum absolute atomic E-state index is 12.0. The van der Waals surface area contributed by atoms with Crippen molar-refractivity contribution in [3.05, 3.63) is 63.6 Å². The van der Waals surface area contributed by atoms with Crippen molar-refractivity contribution in [3.63, 3.8) is 0 Å². The summed E-state index contributed by atoms with van der Waals surface area (Å²) in [6.45, 7) is 1.16. The maximum Gasteiger partial charge on any atom is 0.279 e. The molecule has 0 aliphatic heterocycles. The molecule has 0 aliphatic carbocycles. The normalized spacial score (nSPS) is 12.0. The van der Waals surface area contributed by atoms with E-state index in [1.807, 2.05) is 55.6 Å². The van der Waals surface area contributed by atoms with Crippen LogP contribution in [-0.4, -0.2) is 19.5 Å². The van der Waals surface area contributed by atoms with Crippen LogP contribution >= 0.6 is 27.5 Å². The lowest BCUT2D eigenvalue weighted by molar-refractivity contribution is -0.885. The van der Waals surface area contributed by atoms with Crippen LogP contribution in [0, 0.1) is 0 Å². The van der Waals surface area contributed by atoms with Gasteiger partial charge in [-0.3, -0.25) is 4.79 Å². The molecular weight excluding hydrogens is 352 g/mol. The van der Waals surface area contributed by atoms with Crippen LogP contribution in [0.4, 0.5) is 5.69 Å². The third kappa shape index (κ3) is 5.50. The average molecular weight is 369 g/mol. The first-order chi connectivity index (χ1) is 10.0. The van der Waals surface area contributed by atoms with Crippen molar-refractivity contribution in [3.8, 4) is 0 Å². The molecule has 0 heterocycles. The topological polar surface area (TPSA) is 33.5 Å². The Morgan fingerprint density at radius 2 is 1.95 bits per heavy atom. The molecule has 0 radical (unpaired) electrons. The molecule has 0 spiro atoms. The molecule has 2 aromatic rings. The number of amides is 1. The Labute approximate surface area is 138 Å². The highest BCUT2D eigenvalue weighted by molar-refractivity contribution is 9.10. The van der Waals surface area contributed by atoms with E-state index in [1.165, 1.54) is 0 Å². The number of carbonyl (C=O) groups is 1. The molecule has 0 bridgehead atoms. The van der Waals surface area contributed by atoms with Crippen LogP contribution < -0.4 is 10.2 Å². The predicted octanol–water partition coefficient (Wildman–Crippen LogP) is 2.76. The molecule has 110 valence electrons. The van der Waals surface area contributed by atoms with Crippen molar-refractivity contribution in [2.75, 3.05) is 18.9 Å². The summed E-state index contributed by atoms with van der Waals surface area (Å²) in [4.78, 5) is 13.1. The van der Waals surface area contributed by atoms with E-state index in [0.29, 0.717) is 6.54 Å². The molecular formula is C16H17BrClN2O+. The zero-order valence-corrected chi connectivity index (χ0v) is 14.0. The molecule has 0 saturated heterocycles. The van der Waals surface area contributed by atoms with Crippen LogP contribution in [-0.2, 0) is 11.3 Å². The van der Waals surface area contributed by atoms with Crippen molar-refractivity contribution in [2.24, 2.45) is 0 Å². The fraction of sp³-hybridized carbons (Fsp3) is 0.188. The minimum Gasteiger partial charge on any atom is -0.326 e. The Bertz CT molecular complexity index is 616. The summed E-state index contributed by atoms with van der Waals surface area (Å²) in [5, 5.41) is 3.61. The van der Waals surface area contributed by atoms with Gasteiger partial charge in [-0.05, 0) is 36.4 Å². The first-order valence-corrected chi connectivity index (χ1v) is 7.81. The first-order valence-electron chi connectivity index (χ1n) is 6.64. The summed E-state index contributed by atoms with van der Waals surface area (Å²) in [5.74, 6) is -0.00292. The summed E-state index contributed by atoms with van der Waals surface area (Å²) in [7, 11) is 1.99. The molecule has 1 unspecified atom stereocenters. The molecule has 0 aliphatic rings. The van der Waals surface area contributed by atoms with Gasteiger partial charge in [0.15, 0.2) is 6.54 Å². The van der Waals surface area contributed by atoms with Crippen LogP contribution in [0.3, 0.4) is 0 Å². The number of hydrogen-bond acceptors (Lipinski definition) is 1. The van der Waals surface area contributed by atoms with Gasteiger partial charge < -0.3 is 10.2 Å². The molecule has 0 fully saturated rings. The second-order valence-corrected chi connectivity index (χ2v) is 6.35. The van der Waals surface area contributed by atoms with E-state index in [9.17, 15) is 4.79 Å². The molecule has 2 aromatic carbocycles. The minimum absolute atomic E-state index is 0.00292. The number of halogens is 2. The molecule has 2 rings (SSSR count). The molecule has 5 heteroatoms. The van der Waals surface area contributed by atoms with E-state index >= 15 is 0 Å². The lowest BCUT2D eigenvalue weighted by Gasteiger charge is -2.14. The summed E-state index contributed by atoms with van der Waals surface area (Å²) in [6, 6.07) is 15.3. The summed E-state index contributed by atoms with van der Waals surface area (Å²) < 4.78 is 0.990. The van der Waals surface area contributed by atoms with E-state index in [0.717, 1.165) is 32.2 Å². The van der Waals surface area contributed by atoms with Gasteiger partial charge in [0.25, 0.3) is 5.91 Å². The number of anilines is 1. The molecule has 0 aromatic heterocycles. The largest absolute Gasteiger partial charge is 0.326 e. The first kappa shape index (κ1) is 16.0. The van der Waals surface area contributed by atoms with Gasteiger partial charge in [-0.15, -0.1) is 0 Å². The van der Waals surface area contributed by atoms with Crippen LogP contribution in [0.1, 0.15) is 5.56 Å². The fourth-order valence-corrected chi connectivity index (χ4v) is 2.55. The SMILES string of the molecule is C[NH+](CC(=O)Nc1ccc(Br)cc1)Cc1cccc(Cl)c1. The summed E-state index contributed by atoms with van der Waals surface area (Å²) >= 11 is 9.33. The van der Waals surface area contributed by atoms with Crippen LogP contribution in [0.2, 0.25) is 5.02 Å². The average Bonchev–Trinajstić information content (AvgIpc) is 2.41. The van der Waals surface area contributed by atoms with E-state index in [2.05, 4.69) is 21.2 Å². The van der Waals surface area contributed by atoms with Gasteiger partial charge in [-0.25, -0.2) is 0 Å². The highest BCUT2D eigenvalue weighted by atomic mass is 79.9. The zero-order chi connectivity index (χ0) is 15.2. The lowest BCUT2D eigenvalue weighted by atomic mass is 10.2. The minimum atomic E-state index is -0.00292. The Balaban J connectivity index is 1.86. The quantitative estimate of drug-likeness (QED) is 0.836. The van der Waals surface area contributed by atoms with Gasteiger partial charge in [0.2, 0.25) is 0 Å². The van der Waals surface area contributed by atoms with Crippen molar-refractivity contribution in [2.45, 2.75) is 6.54 Å². The number of rotatable bonds is 5. The fourth-order valence-electron chi connectivity index (χ4n) is 2.07. The Kier molecular flexibility index (Phi) is 5.79. The predicted molar refractivity (Wildman–Crippen MR) is 89.7 cm³/mol. The maximum atomic E-state index is 12.0. The van der Waals surface area contributed by atoms with Gasteiger partial charge in [0.05, 0.1) is 7.05 Å². The van der Waals surface area contributed by atoms with E-state index in [1.54, 1.807) is 0 Å². The smallest absolute Gasteiger partial charge is 0.279 e. The van der Waals surface area contributed by atoms with E-state index < -0.39 is 0 Å². The number of hydrogen-bond donors (Lipinski definition) is 2. The van der Waals surface area contributed by atoms with Crippen molar-refractivity contribution in [1.29, 1.82) is 0 Å². The Morgan fingerprint density at radius 1 is 1.24 bits per heavy atom. The number of carbonyl (C=O) groups excluding carboxylic acids is 1. The second kappa shape index (κ2) is 7.59. The van der Waals surface area contributed by atoms with Gasteiger partial charge in [-0.2, -0.15) is 0 Å². The van der Waals surface area contributed by atoms with Crippen LogP contribution in [0.15, 0.2) is 53.0 Å². The third-order valence-corrected chi connectivity index (χ3v) is 3.75. The summed E-state index contributed by atoms with van der Waals surface area (Å²) in [6.07, 6.45) is 0. The van der Waals surface area contributed by atoms with E-state index in [-0.39, 0.29) is 5.91 Å².